The van der Waals surface area contributed by atoms with Gasteiger partial charge in [0.25, 0.3) is 0 Å². The van der Waals surface area contributed by atoms with E-state index >= 15 is 0 Å². The van der Waals surface area contributed by atoms with Gasteiger partial charge in [-0.3, -0.25) is 9.69 Å². The van der Waals surface area contributed by atoms with Crippen molar-refractivity contribution in [3.63, 3.8) is 0 Å². The van der Waals surface area contributed by atoms with E-state index in [9.17, 15) is 4.79 Å². The zero-order chi connectivity index (χ0) is 15.6. The molecule has 0 radical (unpaired) electrons. The van der Waals surface area contributed by atoms with Gasteiger partial charge in [-0.2, -0.15) is 5.26 Å². The van der Waals surface area contributed by atoms with E-state index < -0.39 is 0 Å². The number of piperidine rings is 1. The van der Waals surface area contributed by atoms with E-state index in [0.717, 1.165) is 32.5 Å². The Kier molecular flexibility index (Phi) is 4.14. The van der Waals surface area contributed by atoms with Crippen LogP contribution in [-0.2, 0) is 16.1 Å². The number of amides is 1. The molecule has 0 aromatic heterocycles. The van der Waals surface area contributed by atoms with E-state index in [1.165, 1.54) is 5.56 Å². The maximum absolute atomic E-state index is 11.5. The first kappa shape index (κ1) is 15.0. The van der Waals surface area contributed by atoms with Gasteiger partial charge in [-0.15, -0.1) is 0 Å². The largest absolute Gasteiger partial charge is 0.363 e. The zero-order valence-corrected chi connectivity index (χ0v) is 12.9. The Balaban J connectivity index is 1.55. The first-order chi connectivity index (χ1) is 10.6. The molecular formula is C17H21N3O2. The van der Waals surface area contributed by atoms with E-state index in [2.05, 4.69) is 11.0 Å². The van der Waals surface area contributed by atoms with Crippen LogP contribution in [0.1, 0.15) is 24.0 Å². The molecule has 0 aliphatic carbocycles. The third-order valence-corrected chi connectivity index (χ3v) is 4.71. The van der Waals surface area contributed by atoms with Crippen molar-refractivity contribution in [2.45, 2.75) is 25.0 Å². The second-order valence-electron chi connectivity index (χ2n) is 6.31. The first-order valence-corrected chi connectivity index (χ1v) is 7.70. The molecular weight excluding hydrogens is 278 g/mol. The fraction of sp³-hybridized carbons (Fsp3) is 0.529. The highest BCUT2D eigenvalue weighted by Crippen LogP contribution is 2.30. The average Bonchev–Trinajstić information content (AvgIpc) is 2.55. The molecule has 2 heterocycles. The van der Waals surface area contributed by atoms with Crippen molar-refractivity contribution in [2.24, 2.45) is 0 Å². The summed E-state index contributed by atoms with van der Waals surface area (Å²) in [6.45, 7) is 3.77. The Morgan fingerprint density at radius 1 is 1.27 bits per heavy atom. The maximum Gasteiger partial charge on any atom is 0.248 e. The van der Waals surface area contributed by atoms with Gasteiger partial charge in [-0.25, -0.2) is 0 Å². The minimum Gasteiger partial charge on any atom is -0.363 e. The molecule has 2 fully saturated rings. The first-order valence-electron chi connectivity index (χ1n) is 7.70. The van der Waals surface area contributed by atoms with Crippen LogP contribution in [0.15, 0.2) is 24.3 Å². The highest BCUT2D eigenvalue weighted by atomic mass is 16.5. The van der Waals surface area contributed by atoms with Crippen molar-refractivity contribution in [3.8, 4) is 6.07 Å². The number of benzene rings is 1. The van der Waals surface area contributed by atoms with Crippen LogP contribution < -0.4 is 0 Å². The number of carbonyl (C=O) groups excluding carboxylic acids is 1. The molecule has 0 bridgehead atoms. The molecule has 2 aliphatic heterocycles. The van der Waals surface area contributed by atoms with Crippen LogP contribution >= 0.6 is 0 Å². The number of likely N-dealkylation sites (N-methyl/N-ethyl adjacent to an activating group) is 1. The Bertz CT molecular complexity index is 583. The Labute approximate surface area is 131 Å². The van der Waals surface area contributed by atoms with E-state index in [-0.39, 0.29) is 18.1 Å². The fourth-order valence-electron chi connectivity index (χ4n) is 3.26. The number of hydrogen-bond donors (Lipinski definition) is 0. The van der Waals surface area contributed by atoms with E-state index in [4.69, 9.17) is 10.00 Å². The molecule has 1 spiro atoms. The number of likely N-dealkylation sites (tertiary alicyclic amines) is 1. The summed E-state index contributed by atoms with van der Waals surface area (Å²) in [5.74, 6) is 0.0747. The number of nitriles is 1. The number of hydrogen-bond acceptors (Lipinski definition) is 4. The predicted octanol–water partition coefficient (Wildman–Crippen LogP) is 1.38. The second kappa shape index (κ2) is 6.07. The molecule has 22 heavy (non-hydrogen) atoms. The lowest BCUT2D eigenvalue weighted by molar-refractivity contribution is -0.169. The molecule has 1 aromatic carbocycles. The molecule has 3 rings (SSSR count). The molecule has 2 saturated heterocycles. The molecule has 5 heteroatoms. The molecule has 116 valence electrons. The third-order valence-electron chi connectivity index (χ3n) is 4.71. The summed E-state index contributed by atoms with van der Waals surface area (Å²) in [7, 11) is 1.86. The lowest BCUT2D eigenvalue weighted by atomic mass is 9.89. The monoisotopic (exact) mass is 299 g/mol. The molecule has 1 amide bonds. The van der Waals surface area contributed by atoms with Crippen LogP contribution in [0.2, 0.25) is 0 Å². The van der Waals surface area contributed by atoms with Gasteiger partial charge in [0, 0.05) is 33.2 Å². The summed E-state index contributed by atoms with van der Waals surface area (Å²) in [6, 6.07) is 9.92. The Hall–Kier alpha value is -1.90. The summed E-state index contributed by atoms with van der Waals surface area (Å²) in [5.41, 5.74) is 1.78. The van der Waals surface area contributed by atoms with Crippen LogP contribution in [0.3, 0.4) is 0 Å². The predicted molar refractivity (Wildman–Crippen MR) is 82.0 cm³/mol. The molecule has 0 atom stereocenters. The molecule has 2 aliphatic rings. The van der Waals surface area contributed by atoms with Crippen molar-refractivity contribution in [1.29, 1.82) is 5.26 Å². The Morgan fingerprint density at radius 3 is 2.55 bits per heavy atom. The van der Waals surface area contributed by atoms with Crippen molar-refractivity contribution >= 4 is 5.91 Å². The fourth-order valence-corrected chi connectivity index (χ4v) is 3.26. The van der Waals surface area contributed by atoms with Crippen LogP contribution in [0, 0.1) is 11.3 Å². The number of rotatable bonds is 2. The van der Waals surface area contributed by atoms with E-state index in [1.54, 1.807) is 4.90 Å². The SMILES string of the molecule is CN1CC2(CCN(Cc3ccc(C#N)cc3)CC2)OCC1=O. The standard InChI is InChI=1S/C17H21N3O2/c1-19-13-17(22-12-16(19)21)6-8-20(9-7-17)11-15-4-2-14(10-18)3-5-15/h2-5H,6-9,11-13H2,1H3. The summed E-state index contributed by atoms with van der Waals surface area (Å²) < 4.78 is 5.86. The Morgan fingerprint density at radius 2 is 1.95 bits per heavy atom. The molecule has 0 saturated carbocycles. The summed E-state index contributed by atoms with van der Waals surface area (Å²) in [6.07, 6.45) is 1.92. The number of carbonyl (C=O) groups is 1. The number of morpholine rings is 1. The van der Waals surface area contributed by atoms with Crippen molar-refractivity contribution in [3.05, 3.63) is 35.4 Å². The van der Waals surface area contributed by atoms with E-state index in [0.29, 0.717) is 12.1 Å². The third kappa shape index (κ3) is 3.13. The van der Waals surface area contributed by atoms with Gasteiger partial charge in [0.05, 0.1) is 17.2 Å². The van der Waals surface area contributed by atoms with Crippen LogP contribution in [0.5, 0.6) is 0 Å². The zero-order valence-electron chi connectivity index (χ0n) is 12.9. The summed E-state index contributed by atoms with van der Waals surface area (Å²) in [4.78, 5) is 15.7. The lowest BCUT2D eigenvalue weighted by Crippen LogP contribution is -2.57. The minimum absolute atomic E-state index is 0.0747. The topological polar surface area (TPSA) is 56.6 Å². The highest BCUT2D eigenvalue weighted by Gasteiger charge is 2.40. The lowest BCUT2D eigenvalue weighted by Gasteiger charge is -2.46. The smallest absolute Gasteiger partial charge is 0.248 e. The normalized spacial score (nSPS) is 21.8. The van der Waals surface area contributed by atoms with E-state index in [1.807, 2.05) is 31.3 Å². The summed E-state index contributed by atoms with van der Waals surface area (Å²) in [5, 5.41) is 8.83. The maximum atomic E-state index is 11.5. The average molecular weight is 299 g/mol. The van der Waals surface area contributed by atoms with Gasteiger partial charge in [-0.05, 0) is 30.5 Å². The van der Waals surface area contributed by atoms with Gasteiger partial charge in [0.2, 0.25) is 5.91 Å². The molecule has 5 nitrogen and oxygen atoms in total. The van der Waals surface area contributed by atoms with Gasteiger partial charge in [0.15, 0.2) is 0 Å². The van der Waals surface area contributed by atoms with Crippen molar-refractivity contribution < 1.29 is 9.53 Å². The second-order valence-corrected chi connectivity index (χ2v) is 6.31. The number of ether oxygens (including phenoxy) is 1. The van der Waals surface area contributed by atoms with Crippen LogP contribution in [0.25, 0.3) is 0 Å². The van der Waals surface area contributed by atoms with Gasteiger partial charge >= 0.3 is 0 Å². The quantitative estimate of drug-likeness (QED) is 0.828. The van der Waals surface area contributed by atoms with Gasteiger partial charge in [-0.1, -0.05) is 12.1 Å². The van der Waals surface area contributed by atoms with Crippen molar-refractivity contribution in [2.75, 3.05) is 33.3 Å². The highest BCUT2D eigenvalue weighted by molar-refractivity contribution is 5.78. The molecule has 1 aromatic rings. The summed E-state index contributed by atoms with van der Waals surface area (Å²) >= 11 is 0. The molecule has 0 unspecified atom stereocenters. The van der Waals surface area contributed by atoms with Gasteiger partial charge in [0.1, 0.15) is 6.61 Å². The number of nitrogens with zero attached hydrogens (tertiary/aromatic N) is 3. The minimum atomic E-state index is -0.149. The van der Waals surface area contributed by atoms with Crippen LogP contribution in [0.4, 0.5) is 0 Å². The van der Waals surface area contributed by atoms with Crippen LogP contribution in [-0.4, -0.2) is 54.6 Å². The molecule has 0 N–H and O–H groups in total. The van der Waals surface area contributed by atoms with Gasteiger partial charge < -0.3 is 9.64 Å². The van der Waals surface area contributed by atoms with Crippen molar-refractivity contribution in [1.82, 2.24) is 9.80 Å².